The Hall–Kier alpha value is -1.69. The van der Waals surface area contributed by atoms with Crippen molar-refractivity contribution in [2.24, 2.45) is 0 Å². The number of hydrogen-bond acceptors (Lipinski definition) is 4. The lowest BCUT2D eigenvalue weighted by Crippen LogP contribution is -2.61. The van der Waals surface area contributed by atoms with Crippen LogP contribution in [0.4, 0.5) is 0 Å². The quantitative estimate of drug-likeness (QED) is 0.854. The topological polar surface area (TPSA) is 27.5 Å². The molecule has 23 heavy (non-hydrogen) atoms. The molecule has 2 aromatic heterocycles. The smallest absolute Gasteiger partial charge is 0.0636 e. The molecular formula is C18H25N5. The summed E-state index contributed by atoms with van der Waals surface area (Å²) < 4.78 is 2.26. The van der Waals surface area contributed by atoms with Crippen LogP contribution in [0.2, 0.25) is 0 Å². The van der Waals surface area contributed by atoms with Crippen LogP contribution in [0, 0.1) is 0 Å². The number of hydrogen-bond donors (Lipinski definition) is 0. The first-order valence-corrected chi connectivity index (χ1v) is 8.51. The molecule has 0 spiro atoms. The molecule has 0 bridgehead atoms. The maximum absolute atomic E-state index is 4.24. The molecule has 0 aliphatic carbocycles. The molecule has 2 aliphatic heterocycles. The highest BCUT2D eigenvalue weighted by molar-refractivity contribution is 5.32. The number of piperazine rings is 2. The molecule has 0 aromatic carbocycles. The molecule has 1 unspecified atom stereocenters. The van der Waals surface area contributed by atoms with E-state index < -0.39 is 0 Å². The molecule has 0 amide bonds. The van der Waals surface area contributed by atoms with E-state index in [4.69, 9.17) is 0 Å². The Balaban J connectivity index is 1.46. The van der Waals surface area contributed by atoms with Gasteiger partial charge in [0.25, 0.3) is 0 Å². The van der Waals surface area contributed by atoms with Gasteiger partial charge in [0.1, 0.15) is 0 Å². The summed E-state index contributed by atoms with van der Waals surface area (Å²) in [6.45, 7) is 8.17. The van der Waals surface area contributed by atoms with E-state index in [1.165, 1.54) is 45.0 Å². The van der Waals surface area contributed by atoms with Crippen molar-refractivity contribution in [3.05, 3.63) is 48.5 Å². The van der Waals surface area contributed by atoms with Crippen molar-refractivity contribution in [1.29, 1.82) is 0 Å². The molecule has 1 atom stereocenters. The van der Waals surface area contributed by atoms with Crippen LogP contribution in [0.25, 0.3) is 5.69 Å². The number of aromatic nitrogens is 2. The average molecular weight is 311 g/mol. The molecule has 2 aromatic rings. The van der Waals surface area contributed by atoms with Gasteiger partial charge in [-0.05, 0) is 31.3 Å². The summed E-state index contributed by atoms with van der Waals surface area (Å²) in [5.74, 6) is 0. The number of nitrogens with zero attached hydrogens (tertiary/aromatic N) is 5. The van der Waals surface area contributed by atoms with Crippen molar-refractivity contribution >= 4 is 0 Å². The van der Waals surface area contributed by atoms with Crippen molar-refractivity contribution in [3.8, 4) is 5.69 Å². The Bertz CT molecular complexity index is 638. The van der Waals surface area contributed by atoms with Crippen molar-refractivity contribution in [2.45, 2.75) is 12.6 Å². The van der Waals surface area contributed by atoms with Gasteiger partial charge < -0.3 is 9.47 Å². The Morgan fingerprint density at radius 3 is 2.87 bits per heavy atom. The molecule has 4 rings (SSSR count). The fraction of sp³-hybridized carbons (Fsp3) is 0.500. The molecule has 0 N–H and O–H groups in total. The van der Waals surface area contributed by atoms with Crippen LogP contribution in [0.3, 0.4) is 0 Å². The van der Waals surface area contributed by atoms with Crippen molar-refractivity contribution in [3.63, 3.8) is 0 Å². The lowest BCUT2D eigenvalue weighted by molar-refractivity contribution is 0.0170. The largest absolute Gasteiger partial charge is 0.318 e. The summed E-state index contributed by atoms with van der Waals surface area (Å²) in [5, 5.41) is 0. The van der Waals surface area contributed by atoms with Crippen LogP contribution >= 0.6 is 0 Å². The predicted molar refractivity (Wildman–Crippen MR) is 91.7 cm³/mol. The minimum atomic E-state index is 0.685. The lowest BCUT2D eigenvalue weighted by Gasteiger charge is -2.46. The minimum absolute atomic E-state index is 0.685. The van der Waals surface area contributed by atoms with Crippen molar-refractivity contribution in [1.82, 2.24) is 24.3 Å². The Morgan fingerprint density at radius 1 is 1.09 bits per heavy atom. The van der Waals surface area contributed by atoms with Gasteiger partial charge in [0.05, 0.1) is 11.9 Å². The lowest BCUT2D eigenvalue weighted by atomic mass is 10.1. The van der Waals surface area contributed by atoms with Gasteiger partial charge in [0.2, 0.25) is 0 Å². The number of rotatable bonds is 3. The summed E-state index contributed by atoms with van der Waals surface area (Å²) >= 11 is 0. The van der Waals surface area contributed by atoms with E-state index in [0.717, 1.165) is 12.2 Å². The van der Waals surface area contributed by atoms with E-state index in [9.17, 15) is 0 Å². The van der Waals surface area contributed by atoms with E-state index in [0.29, 0.717) is 6.04 Å². The van der Waals surface area contributed by atoms with Gasteiger partial charge in [0.15, 0.2) is 0 Å². The molecule has 0 radical (unpaired) electrons. The molecule has 0 saturated carbocycles. The van der Waals surface area contributed by atoms with E-state index in [1.807, 2.05) is 18.5 Å². The summed E-state index contributed by atoms with van der Waals surface area (Å²) in [5.41, 5.74) is 2.49. The molecule has 5 nitrogen and oxygen atoms in total. The average Bonchev–Trinajstić information content (AvgIpc) is 3.03. The van der Waals surface area contributed by atoms with Gasteiger partial charge in [-0.1, -0.05) is 0 Å². The first-order chi connectivity index (χ1) is 11.3. The fourth-order valence-electron chi connectivity index (χ4n) is 3.84. The number of pyridine rings is 1. The Labute approximate surface area is 138 Å². The normalized spacial score (nSPS) is 23.8. The minimum Gasteiger partial charge on any atom is -0.318 e. The fourth-order valence-corrected chi connectivity index (χ4v) is 3.84. The second kappa shape index (κ2) is 6.43. The summed E-state index contributed by atoms with van der Waals surface area (Å²) in [6, 6.07) is 9.16. The predicted octanol–water partition coefficient (Wildman–Crippen LogP) is 1.30. The van der Waals surface area contributed by atoms with Crippen LogP contribution in [0.15, 0.2) is 42.9 Å². The molecule has 2 fully saturated rings. The second-order valence-electron chi connectivity index (χ2n) is 6.77. The van der Waals surface area contributed by atoms with Gasteiger partial charge >= 0.3 is 0 Å². The van der Waals surface area contributed by atoms with Crippen LogP contribution in [-0.4, -0.2) is 76.6 Å². The zero-order chi connectivity index (χ0) is 15.6. The molecule has 122 valence electrons. The van der Waals surface area contributed by atoms with Gasteiger partial charge in [-0.25, -0.2) is 0 Å². The van der Waals surface area contributed by atoms with E-state index >= 15 is 0 Å². The third kappa shape index (κ3) is 3.17. The maximum Gasteiger partial charge on any atom is 0.0636 e. The third-order valence-electron chi connectivity index (χ3n) is 5.12. The van der Waals surface area contributed by atoms with Gasteiger partial charge in [0, 0.05) is 69.9 Å². The molecular weight excluding hydrogens is 286 g/mol. The summed E-state index contributed by atoms with van der Waals surface area (Å²) in [6.07, 6.45) is 5.89. The highest BCUT2D eigenvalue weighted by Gasteiger charge is 2.30. The summed E-state index contributed by atoms with van der Waals surface area (Å²) in [7, 11) is 2.24. The van der Waals surface area contributed by atoms with Crippen LogP contribution in [0.5, 0.6) is 0 Å². The van der Waals surface area contributed by atoms with Gasteiger partial charge in [-0.2, -0.15) is 0 Å². The maximum atomic E-state index is 4.24. The first-order valence-electron chi connectivity index (χ1n) is 8.51. The van der Waals surface area contributed by atoms with Crippen LogP contribution in [-0.2, 0) is 6.54 Å². The zero-order valence-corrected chi connectivity index (χ0v) is 13.8. The molecule has 5 heteroatoms. The first kappa shape index (κ1) is 14.9. The van der Waals surface area contributed by atoms with Crippen molar-refractivity contribution in [2.75, 3.05) is 46.3 Å². The van der Waals surface area contributed by atoms with Crippen LogP contribution in [0.1, 0.15) is 5.69 Å². The van der Waals surface area contributed by atoms with E-state index in [1.54, 1.807) is 0 Å². The van der Waals surface area contributed by atoms with Gasteiger partial charge in [-0.15, -0.1) is 0 Å². The molecule has 4 heterocycles. The third-order valence-corrected chi connectivity index (χ3v) is 5.12. The highest BCUT2D eigenvalue weighted by atomic mass is 15.3. The van der Waals surface area contributed by atoms with Gasteiger partial charge in [-0.3, -0.25) is 14.8 Å². The SMILES string of the molecule is CN1CCN2CCN(Cc3cccn3-c3cccnc3)CC2C1. The Kier molecular flexibility index (Phi) is 4.16. The zero-order valence-electron chi connectivity index (χ0n) is 13.8. The summed E-state index contributed by atoms with van der Waals surface area (Å²) in [4.78, 5) is 12.0. The molecule has 2 saturated heterocycles. The Morgan fingerprint density at radius 2 is 2.00 bits per heavy atom. The van der Waals surface area contributed by atoms with Crippen LogP contribution < -0.4 is 0 Å². The van der Waals surface area contributed by atoms with E-state index in [2.05, 4.69) is 55.7 Å². The van der Waals surface area contributed by atoms with E-state index in [-0.39, 0.29) is 0 Å². The highest BCUT2D eigenvalue weighted by Crippen LogP contribution is 2.18. The standard InChI is InChI=1S/C18H25N5/c1-20-8-10-22-11-9-21(15-18(22)13-20)14-17-5-3-7-23(17)16-4-2-6-19-12-16/h2-7,12,18H,8-11,13-15H2,1H3. The monoisotopic (exact) mass is 311 g/mol. The second-order valence-corrected chi connectivity index (χ2v) is 6.77. The number of fused-ring (bicyclic) bond motifs is 1. The number of likely N-dealkylation sites (N-methyl/N-ethyl adjacent to an activating group) is 1. The van der Waals surface area contributed by atoms with Crippen molar-refractivity contribution < 1.29 is 0 Å². The molecule has 2 aliphatic rings.